The summed E-state index contributed by atoms with van der Waals surface area (Å²) in [6.45, 7) is -5.94. The van der Waals surface area contributed by atoms with E-state index in [1.165, 1.54) is 5.32 Å². The Labute approximate surface area is 65.2 Å². The molecule has 1 nitrogen and oxygen atoms in total. The molecule has 3 heteroatoms. The lowest BCUT2D eigenvalue weighted by molar-refractivity contribution is 0.770. The number of rotatable bonds is 4. The highest BCUT2D eigenvalue weighted by molar-refractivity contribution is 6.18. The van der Waals surface area contributed by atoms with Gasteiger partial charge in [-0.25, -0.2) is 0 Å². The van der Waals surface area contributed by atoms with Crippen LogP contribution in [0.5, 0.6) is 0 Å². The highest BCUT2D eigenvalue weighted by Crippen LogP contribution is 1.71. The van der Waals surface area contributed by atoms with Crippen molar-refractivity contribution in [2.45, 2.75) is 0 Å². The van der Waals surface area contributed by atoms with E-state index in [-0.39, 0.29) is 0 Å². The lowest BCUT2D eigenvalue weighted by Gasteiger charge is -1.93. The van der Waals surface area contributed by atoms with Crippen molar-refractivity contribution in [1.82, 2.24) is 5.32 Å². The largest absolute Gasteiger partial charge is 0.314 e. The van der Waals surface area contributed by atoms with E-state index in [0.717, 1.165) is 0 Å². The summed E-state index contributed by atoms with van der Waals surface area (Å²) >= 11 is 10.1. The second kappa shape index (κ2) is 6.54. The molecule has 44 valence electrons. The molecule has 0 aliphatic rings. The van der Waals surface area contributed by atoms with Gasteiger partial charge in [0.15, 0.2) is 0 Å². The molecule has 0 aliphatic carbocycles. The summed E-state index contributed by atoms with van der Waals surface area (Å²) < 4.78 is 55.9. The van der Waals surface area contributed by atoms with E-state index in [1.807, 2.05) is 0 Å². The van der Waals surface area contributed by atoms with Gasteiger partial charge in [0.05, 0.1) is 0 Å². The predicted octanol–water partition coefficient (Wildman–Crippen LogP) is 1.05. The Hall–Kier alpha value is 0.540. The van der Waals surface area contributed by atoms with Gasteiger partial charge in [0.25, 0.3) is 0 Å². The van der Waals surface area contributed by atoms with E-state index in [4.69, 9.17) is 34.2 Å². The zero-order valence-electron chi connectivity index (χ0n) is 11.3. The normalized spacial score (nSPS) is 34.6. The molecule has 0 rings (SSSR count). The minimum Gasteiger partial charge on any atom is -0.314 e. The third-order valence-corrected chi connectivity index (χ3v) is 0.408. The van der Waals surface area contributed by atoms with Crippen LogP contribution in [0, 0.1) is 0 Å². The molecule has 0 aromatic rings. The van der Waals surface area contributed by atoms with Crippen molar-refractivity contribution >= 4 is 23.2 Å². The number of hydrogen-bond donors (Lipinski definition) is 1. The van der Waals surface area contributed by atoms with Gasteiger partial charge in [0, 0.05) is 35.6 Å². The monoisotopic (exact) mass is 149 g/mol. The van der Waals surface area contributed by atoms with Crippen molar-refractivity contribution in [3.05, 3.63) is 0 Å². The molecule has 0 aliphatic heterocycles. The molecule has 0 radical (unpaired) electrons. The van der Waals surface area contributed by atoms with Crippen molar-refractivity contribution in [3.63, 3.8) is 0 Å². The average Bonchev–Trinajstić information content (AvgIpc) is 1.77. The van der Waals surface area contributed by atoms with Gasteiger partial charge in [-0.05, 0) is 0 Å². The van der Waals surface area contributed by atoms with E-state index >= 15 is 0 Å². The maximum Gasteiger partial charge on any atom is 0.0449 e. The van der Waals surface area contributed by atoms with Crippen molar-refractivity contribution in [1.29, 1.82) is 0 Å². The van der Waals surface area contributed by atoms with Crippen LogP contribution in [0.3, 0.4) is 0 Å². The van der Waals surface area contributed by atoms with Crippen LogP contribution in [0.1, 0.15) is 11.0 Å². The van der Waals surface area contributed by atoms with Gasteiger partial charge in [-0.15, -0.1) is 23.2 Å². The number of hydrogen-bond acceptors (Lipinski definition) is 1. The summed E-state index contributed by atoms with van der Waals surface area (Å²) in [6, 6.07) is 0. The molecule has 7 heavy (non-hydrogen) atoms. The summed E-state index contributed by atoms with van der Waals surface area (Å²) in [5, 5.41) is 1.47. The standard InChI is InChI=1S/C4H9Cl2N/c5-1-3-7-4-2-6/h7H,1-4H2/i1D2,2D2,3D2,4D2. The molecular weight excluding hydrogens is 133 g/mol. The summed E-state index contributed by atoms with van der Waals surface area (Å²) in [4.78, 5) is 0. The molecule has 0 spiro atoms. The summed E-state index contributed by atoms with van der Waals surface area (Å²) in [6.07, 6.45) is 0. The lowest BCUT2D eigenvalue weighted by Crippen LogP contribution is -2.18. The summed E-state index contributed by atoms with van der Waals surface area (Å²) in [5.41, 5.74) is 0. The van der Waals surface area contributed by atoms with Crippen molar-refractivity contribution in [3.8, 4) is 0 Å². The zero-order valence-corrected chi connectivity index (χ0v) is 4.77. The van der Waals surface area contributed by atoms with E-state index < -0.39 is 24.7 Å². The number of alkyl halides is 2. The van der Waals surface area contributed by atoms with Gasteiger partial charge >= 0.3 is 0 Å². The van der Waals surface area contributed by atoms with Crippen LogP contribution < -0.4 is 5.32 Å². The second-order valence-corrected chi connectivity index (χ2v) is 0.942. The molecule has 0 aromatic heterocycles. The highest BCUT2D eigenvalue weighted by Gasteiger charge is 1.78. The quantitative estimate of drug-likeness (QED) is 0.590. The van der Waals surface area contributed by atoms with Crippen LogP contribution in [0.25, 0.3) is 0 Å². The Balaban J connectivity index is 4.89. The van der Waals surface area contributed by atoms with E-state index in [1.54, 1.807) is 0 Å². The molecule has 0 fully saturated rings. The van der Waals surface area contributed by atoms with Gasteiger partial charge in [-0.1, -0.05) is 0 Å². The Morgan fingerprint density at radius 1 is 1.29 bits per heavy atom. The SMILES string of the molecule is [2H]C([2H])(Cl)C([2H])([2H])NC([2H])([2H])C([2H])([2H])Cl. The van der Waals surface area contributed by atoms with Crippen LogP contribution in [0.4, 0.5) is 0 Å². The van der Waals surface area contributed by atoms with E-state index in [0.29, 0.717) is 0 Å². The zero-order chi connectivity index (χ0) is 12.7. The van der Waals surface area contributed by atoms with Crippen LogP contribution in [0.2, 0.25) is 0 Å². The molecule has 0 aromatic carbocycles. The molecule has 1 N–H and O–H groups in total. The minimum atomic E-state index is -2.97. The Morgan fingerprint density at radius 2 is 1.71 bits per heavy atom. The van der Waals surface area contributed by atoms with Crippen LogP contribution in [-0.4, -0.2) is 24.7 Å². The first kappa shape index (κ1) is 1.53. The second-order valence-electron chi connectivity index (χ2n) is 0.564. The lowest BCUT2D eigenvalue weighted by atomic mass is 10.7. The molecular formula is C4H9Cl2N. The first-order chi connectivity index (χ1) is 6.21. The molecule has 0 bridgehead atoms. The summed E-state index contributed by atoms with van der Waals surface area (Å²) in [7, 11) is 0. The first-order valence-electron chi connectivity index (χ1n) is 5.38. The van der Waals surface area contributed by atoms with Crippen LogP contribution in [-0.2, 0) is 0 Å². The molecule has 0 saturated heterocycles. The Morgan fingerprint density at radius 3 is 2.00 bits per heavy atom. The Bertz CT molecular complexity index is 206. The Kier molecular flexibility index (Phi) is 1.43. The average molecular weight is 150 g/mol. The number of nitrogens with one attached hydrogen (secondary N) is 1. The third-order valence-electron chi connectivity index (χ3n) is 0.219. The maximum atomic E-state index is 7.10. The van der Waals surface area contributed by atoms with E-state index in [9.17, 15) is 0 Å². The van der Waals surface area contributed by atoms with Gasteiger partial charge < -0.3 is 5.32 Å². The van der Waals surface area contributed by atoms with Gasteiger partial charge in [0.2, 0.25) is 0 Å². The molecule has 0 amide bonds. The van der Waals surface area contributed by atoms with Gasteiger partial charge in [0.1, 0.15) is 0 Å². The van der Waals surface area contributed by atoms with Crippen molar-refractivity contribution in [2.75, 3.05) is 24.7 Å². The fraction of sp³-hybridized carbons (Fsp3) is 1.00. The molecule has 0 saturated carbocycles. The van der Waals surface area contributed by atoms with Crippen molar-refractivity contribution < 1.29 is 11.0 Å². The van der Waals surface area contributed by atoms with Crippen LogP contribution in [0.15, 0.2) is 0 Å². The fourth-order valence-electron chi connectivity index (χ4n) is 0.0785. The smallest absolute Gasteiger partial charge is 0.0449 e. The number of halogens is 2. The minimum absolute atomic E-state index is 1.47. The predicted molar refractivity (Wildman–Crippen MR) is 34.3 cm³/mol. The molecule has 0 heterocycles. The van der Waals surface area contributed by atoms with Gasteiger partial charge in [-0.3, -0.25) is 0 Å². The first-order valence-corrected chi connectivity index (χ1v) is 2.13. The van der Waals surface area contributed by atoms with Gasteiger partial charge in [-0.2, -0.15) is 0 Å². The van der Waals surface area contributed by atoms with E-state index in [2.05, 4.69) is 0 Å². The molecule has 0 atom stereocenters. The third kappa shape index (κ3) is 6.54. The van der Waals surface area contributed by atoms with Crippen molar-refractivity contribution in [2.24, 2.45) is 0 Å². The summed E-state index contributed by atoms with van der Waals surface area (Å²) in [5.74, 6) is -5.80. The highest BCUT2D eigenvalue weighted by atomic mass is 35.5. The van der Waals surface area contributed by atoms with Crippen LogP contribution >= 0.6 is 23.2 Å². The maximum absolute atomic E-state index is 7.10. The fourth-order valence-corrected chi connectivity index (χ4v) is 0.173. The topological polar surface area (TPSA) is 12.0 Å². The molecule has 0 unspecified atom stereocenters.